The van der Waals surface area contributed by atoms with Gasteiger partial charge in [-0.15, -0.1) is 0 Å². The first-order valence-electron chi connectivity index (χ1n) is 6.11. The average molecular weight is 229 g/mol. The summed E-state index contributed by atoms with van der Waals surface area (Å²) < 4.78 is 0. The largest absolute Gasteiger partial charge is 1.00 e. The van der Waals surface area contributed by atoms with Gasteiger partial charge in [0.1, 0.15) is 0 Å². The first-order valence-corrected chi connectivity index (χ1v) is 6.11. The van der Waals surface area contributed by atoms with E-state index in [2.05, 4.69) is 56.9 Å². The maximum absolute atomic E-state index is 3.14. The predicted octanol–water partition coefficient (Wildman–Crippen LogP) is -2.16. The molecule has 1 saturated heterocycles. The number of benzene rings is 1. The van der Waals surface area contributed by atoms with E-state index in [1.54, 1.807) is 0 Å². The van der Waals surface area contributed by atoms with Crippen molar-refractivity contribution in [3.63, 3.8) is 0 Å². The van der Waals surface area contributed by atoms with Crippen LogP contribution in [0.2, 0.25) is 0 Å². The van der Waals surface area contributed by atoms with Crippen molar-refractivity contribution < 1.29 is 37.7 Å². The molecule has 88 valence electrons. The van der Waals surface area contributed by atoms with E-state index in [0.29, 0.717) is 0 Å². The summed E-state index contributed by atoms with van der Waals surface area (Å²) in [6.07, 6.45) is 3.83. The van der Waals surface area contributed by atoms with E-state index < -0.39 is 0 Å². The molecule has 18 heavy (non-hydrogen) atoms. The Kier molecular flexibility index (Phi) is 6.66. The first kappa shape index (κ1) is 18.2. The number of piperidine rings is 1. The zero-order chi connectivity index (χ0) is 11.8. The average Bonchev–Trinajstić information content (AvgIpc) is 2.16. The van der Waals surface area contributed by atoms with Crippen molar-refractivity contribution in [3.8, 4) is 0 Å². The van der Waals surface area contributed by atoms with Gasteiger partial charge in [0, 0.05) is 11.1 Å². The van der Waals surface area contributed by atoms with Crippen molar-refractivity contribution in [1.82, 2.24) is 0 Å². The van der Waals surface area contributed by atoms with Crippen molar-refractivity contribution >= 4 is 5.69 Å². The number of rotatable bonds is 1. The molecule has 0 aromatic heterocycles. The standard InChI is InChI=1S/C15H21N.2Li/c1-14(2)11-8-12-15(3,4)16(14)13-9-6-5-7-10-13;;/h5,9-10H,8,11-12H2,1-4H3;;/q-2;2*+1. The van der Waals surface area contributed by atoms with Gasteiger partial charge in [-0.25, -0.2) is 0 Å². The minimum atomic E-state index is 0. The van der Waals surface area contributed by atoms with Crippen LogP contribution in [-0.2, 0) is 0 Å². The molecule has 0 unspecified atom stereocenters. The molecule has 2 rings (SSSR count). The molecule has 3 heteroatoms. The number of anilines is 1. The minimum Gasteiger partial charge on any atom is -0.468 e. The molecule has 1 aliphatic heterocycles. The van der Waals surface area contributed by atoms with E-state index in [1.807, 2.05) is 6.07 Å². The van der Waals surface area contributed by atoms with E-state index in [0.717, 1.165) is 0 Å². The van der Waals surface area contributed by atoms with Gasteiger partial charge in [0.25, 0.3) is 0 Å². The van der Waals surface area contributed by atoms with Crippen LogP contribution in [-0.4, -0.2) is 11.1 Å². The number of nitrogens with zero attached hydrogens (tertiary/aromatic N) is 1. The van der Waals surface area contributed by atoms with E-state index in [4.69, 9.17) is 0 Å². The summed E-state index contributed by atoms with van der Waals surface area (Å²) >= 11 is 0. The molecule has 0 saturated carbocycles. The summed E-state index contributed by atoms with van der Waals surface area (Å²) in [5.41, 5.74) is 1.70. The summed E-state index contributed by atoms with van der Waals surface area (Å²) in [7, 11) is 0. The fraction of sp³-hybridized carbons (Fsp3) is 0.600. The Bertz CT molecular complexity index is 344. The first-order chi connectivity index (χ1) is 7.43. The molecular weight excluding hydrogens is 208 g/mol. The Balaban J connectivity index is 0.00000144. The quantitative estimate of drug-likeness (QED) is 0.392. The fourth-order valence-electron chi connectivity index (χ4n) is 3.17. The molecule has 0 bridgehead atoms. The monoisotopic (exact) mass is 229 g/mol. The minimum absolute atomic E-state index is 0. The van der Waals surface area contributed by atoms with Crippen molar-refractivity contribution in [2.24, 2.45) is 0 Å². The Morgan fingerprint density at radius 3 is 1.83 bits per heavy atom. The van der Waals surface area contributed by atoms with Crippen molar-refractivity contribution in [2.75, 3.05) is 4.90 Å². The molecule has 1 aromatic rings. The summed E-state index contributed by atoms with van der Waals surface area (Å²) in [6.45, 7) is 9.34. The van der Waals surface area contributed by atoms with Crippen molar-refractivity contribution in [3.05, 3.63) is 30.3 Å². The van der Waals surface area contributed by atoms with E-state index >= 15 is 0 Å². The second-order valence-corrected chi connectivity index (χ2v) is 6.01. The Morgan fingerprint density at radius 1 is 0.944 bits per heavy atom. The van der Waals surface area contributed by atoms with Gasteiger partial charge >= 0.3 is 37.7 Å². The van der Waals surface area contributed by atoms with Gasteiger partial charge in [0.2, 0.25) is 0 Å². The number of hydrogen-bond acceptors (Lipinski definition) is 1. The smallest absolute Gasteiger partial charge is 0.468 e. The Morgan fingerprint density at radius 2 is 1.39 bits per heavy atom. The van der Waals surface area contributed by atoms with Gasteiger partial charge in [-0.1, -0.05) is 0 Å². The topological polar surface area (TPSA) is 3.24 Å². The molecule has 0 atom stereocenters. The number of hydrogen-bond donors (Lipinski definition) is 0. The van der Waals surface area contributed by atoms with Crippen LogP contribution < -0.4 is 42.6 Å². The zero-order valence-corrected chi connectivity index (χ0v) is 12.8. The molecule has 1 heterocycles. The van der Waals surface area contributed by atoms with Crippen LogP contribution in [0.15, 0.2) is 18.2 Å². The Hall–Kier alpha value is 0.215. The van der Waals surface area contributed by atoms with Gasteiger partial charge < -0.3 is 23.1 Å². The zero-order valence-electron chi connectivity index (χ0n) is 12.8. The van der Waals surface area contributed by atoms with E-state index in [1.165, 1.54) is 24.9 Å². The molecule has 0 spiro atoms. The van der Waals surface area contributed by atoms with Gasteiger partial charge in [-0.05, 0) is 47.0 Å². The van der Waals surface area contributed by atoms with Gasteiger partial charge in [0.05, 0.1) is 0 Å². The van der Waals surface area contributed by atoms with Crippen LogP contribution in [0, 0.1) is 12.1 Å². The molecular formula is C15H21Li2N. The summed E-state index contributed by atoms with van der Waals surface area (Å²) in [5.74, 6) is 0. The third-order valence-corrected chi connectivity index (χ3v) is 3.68. The molecule has 1 aromatic carbocycles. The van der Waals surface area contributed by atoms with Crippen LogP contribution in [0.25, 0.3) is 0 Å². The van der Waals surface area contributed by atoms with Gasteiger partial charge in [0.15, 0.2) is 0 Å². The van der Waals surface area contributed by atoms with Crippen LogP contribution in [0.5, 0.6) is 0 Å². The summed E-state index contributed by atoms with van der Waals surface area (Å²) in [5, 5.41) is 0. The van der Waals surface area contributed by atoms with E-state index in [-0.39, 0.29) is 48.8 Å². The fourth-order valence-corrected chi connectivity index (χ4v) is 3.17. The van der Waals surface area contributed by atoms with Crippen LogP contribution in [0.3, 0.4) is 0 Å². The Labute approximate surface area is 136 Å². The second-order valence-electron chi connectivity index (χ2n) is 6.01. The maximum Gasteiger partial charge on any atom is 1.00 e. The van der Waals surface area contributed by atoms with E-state index in [9.17, 15) is 0 Å². The summed E-state index contributed by atoms with van der Waals surface area (Å²) in [4.78, 5) is 2.54. The van der Waals surface area contributed by atoms with Gasteiger partial charge in [-0.2, -0.15) is 5.69 Å². The SMILES string of the molecule is CC1(C)CCCC(C)(C)N1c1c[c-]c[c-]c1.[Li+].[Li+]. The molecule has 0 aliphatic carbocycles. The predicted molar refractivity (Wildman–Crippen MR) is 68.6 cm³/mol. The van der Waals surface area contributed by atoms with Crippen molar-refractivity contribution in [1.29, 1.82) is 0 Å². The van der Waals surface area contributed by atoms with Gasteiger partial charge in [-0.3, -0.25) is 12.1 Å². The molecule has 1 nitrogen and oxygen atoms in total. The molecule has 0 amide bonds. The van der Waals surface area contributed by atoms with Crippen LogP contribution >= 0.6 is 0 Å². The van der Waals surface area contributed by atoms with Crippen LogP contribution in [0.1, 0.15) is 47.0 Å². The second kappa shape index (κ2) is 6.59. The normalized spacial score (nSPS) is 20.6. The summed E-state index contributed by atoms with van der Waals surface area (Å²) in [6, 6.07) is 12.3. The molecule has 1 fully saturated rings. The molecule has 0 N–H and O–H groups in total. The molecule has 1 aliphatic rings. The third-order valence-electron chi connectivity index (χ3n) is 3.68. The maximum atomic E-state index is 3.14. The molecule has 0 radical (unpaired) electrons. The van der Waals surface area contributed by atoms with Crippen molar-refractivity contribution in [2.45, 2.75) is 58.0 Å². The third kappa shape index (κ3) is 3.62. The van der Waals surface area contributed by atoms with Crippen LogP contribution in [0.4, 0.5) is 5.69 Å².